The van der Waals surface area contributed by atoms with Crippen LogP contribution in [0.1, 0.15) is 43.2 Å². The van der Waals surface area contributed by atoms with Gasteiger partial charge in [0.1, 0.15) is 11.8 Å². The predicted molar refractivity (Wildman–Crippen MR) is 92.7 cm³/mol. The summed E-state index contributed by atoms with van der Waals surface area (Å²) in [6.07, 6.45) is 5.69. The van der Waals surface area contributed by atoms with Crippen LogP contribution in [-0.4, -0.2) is 41.1 Å². The number of aromatic hydroxyl groups is 1. The van der Waals surface area contributed by atoms with Gasteiger partial charge in [0.2, 0.25) is 5.91 Å². The second-order valence-corrected chi connectivity index (χ2v) is 7.09. The summed E-state index contributed by atoms with van der Waals surface area (Å²) < 4.78 is 4.91. The Bertz CT molecular complexity index is 655. The third-order valence-electron chi connectivity index (χ3n) is 5.52. The smallest absolute Gasteiger partial charge is 0.328 e. The maximum absolute atomic E-state index is 13.1. The van der Waals surface area contributed by atoms with Gasteiger partial charge in [-0.25, -0.2) is 4.79 Å². The summed E-state index contributed by atoms with van der Waals surface area (Å²) in [5, 5.41) is 9.73. The molecule has 0 saturated heterocycles. The van der Waals surface area contributed by atoms with Crippen LogP contribution >= 0.6 is 0 Å². The van der Waals surface area contributed by atoms with E-state index in [-0.39, 0.29) is 24.1 Å². The minimum absolute atomic E-state index is 0.152. The molecule has 6 nitrogen and oxygen atoms in total. The molecule has 0 bridgehead atoms. The molecule has 1 amide bonds. The average Bonchev–Trinajstić information content (AvgIpc) is 2.65. The van der Waals surface area contributed by atoms with E-state index in [1.807, 2.05) is 0 Å². The molecule has 0 aromatic heterocycles. The number of carbonyl (C=O) groups is 2. The number of esters is 1. The monoisotopic (exact) mass is 346 g/mol. The molecule has 1 heterocycles. The van der Waals surface area contributed by atoms with Crippen molar-refractivity contribution in [2.45, 2.75) is 57.2 Å². The standard InChI is InChI=1S/C19H26N2O4/c1-25-19(24)16-10-13-7-8-15(22)9-14(13)11-21(16)18(23)17(20)12-5-3-2-4-6-12/h7-9,12,16-17,22H,2-6,10-11,20H2,1H3/t16-,17-/m0/s1. The highest BCUT2D eigenvalue weighted by Gasteiger charge is 2.39. The number of carbonyl (C=O) groups excluding carboxylic acids is 2. The average molecular weight is 346 g/mol. The fraction of sp³-hybridized carbons (Fsp3) is 0.579. The van der Waals surface area contributed by atoms with Crippen molar-refractivity contribution in [2.75, 3.05) is 7.11 Å². The number of hydrogen-bond donors (Lipinski definition) is 2. The summed E-state index contributed by atoms with van der Waals surface area (Å²) in [5.74, 6) is -0.302. The highest BCUT2D eigenvalue weighted by atomic mass is 16.5. The lowest BCUT2D eigenvalue weighted by atomic mass is 9.83. The fourth-order valence-corrected chi connectivity index (χ4v) is 4.04. The summed E-state index contributed by atoms with van der Waals surface area (Å²) in [4.78, 5) is 26.8. The first-order valence-corrected chi connectivity index (χ1v) is 8.96. The zero-order valence-corrected chi connectivity index (χ0v) is 14.6. The van der Waals surface area contributed by atoms with E-state index in [0.717, 1.165) is 36.8 Å². The first kappa shape index (κ1) is 17.7. The van der Waals surface area contributed by atoms with Crippen molar-refractivity contribution in [1.29, 1.82) is 0 Å². The summed E-state index contributed by atoms with van der Waals surface area (Å²) in [5.41, 5.74) is 8.08. The van der Waals surface area contributed by atoms with Crippen LogP contribution in [0, 0.1) is 5.92 Å². The van der Waals surface area contributed by atoms with Crippen LogP contribution in [0.15, 0.2) is 18.2 Å². The SMILES string of the molecule is COC(=O)[C@@H]1Cc2ccc(O)cc2CN1C(=O)[C@@H](N)C1CCCCC1. The minimum atomic E-state index is -0.663. The van der Waals surface area contributed by atoms with E-state index in [4.69, 9.17) is 10.5 Å². The second-order valence-electron chi connectivity index (χ2n) is 7.09. The largest absolute Gasteiger partial charge is 0.508 e. The van der Waals surface area contributed by atoms with Crippen LogP contribution in [0.3, 0.4) is 0 Å². The zero-order valence-electron chi connectivity index (χ0n) is 14.6. The van der Waals surface area contributed by atoms with Gasteiger partial charge in [-0.2, -0.15) is 0 Å². The van der Waals surface area contributed by atoms with Crippen molar-refractivity contribution in [3.05, 3.63) is 29.3 Å². The maximum atomic E-state index is 13.1. The molecule has 25 heavy (non-hydrogen) atoms. The molecule has 0 radical (unpaired) electrons. The number of amides is 1. The fourth-order valence-electron chi connectivity index (χ4n) is 4.04. The van der Waals surface area contributed by atoms with E-state index in [1.165, 1.54) is 18.4 Å². The molecule has 6 heteroatoms. The minimum Gasteiger partial charge on any atom is -0.508 e. The highest BCUT2D eigenvalue weighted by Crippen LogP contribution is 2.30. The van der Waals surface area contributed by atoms with E-state index >= 15 is 0 Å². The molecule has 136 valence electrons. The summed E-state index contributed by atoms with van der Waals surface area (Å²) >= 11 is 0. The van der Waals surface area contributed by atoms with E-state index in [2.05, 4.69) is 0 Å². The normalized spacial score (nSPS) is 22.2. The molecule has 1 saturated carbocycles. The summed E-state index contributed by atoms with van der Waals surface area (Å²) in [7, 11) is 1.33. The Balaban J connectivity index is 1.85. The lowest BCUT2D eigenvalue weighted by Crippen LogP contribution is -2.56. The van der Waals surface area contributed by atoms with Gasteiger partial charge in [0.15, 0.2) is 0 Å². The van der Waals surface area contributed by atoms with Crippen molar-refractivity contribution in [1.82, 2.24) is 4.90 Å². The molecule has 1 fully saturated rings. The molecule has 2 atom stereocenters. The van der Waals surface area contributed by atoms with Crippen LogP contribution in [0.25, 0.3) is 0 Å². The zero-order chi connectivity index (χ0) is 18.0. The molecule has 2 aliphatic rings. The Morgan fingerprint density at radius 2 is 1.96 bits per heavy atom. The molecule has 0 spiro atoms. The van der Waals surface area contributed by atoms with E-state index in [9.17, 15) is 14.7 Å². The number of benzene rings is 1. The van der Waals surface area contributed by atoms with Gasteiger partial charge in [-0.05, 0) is 42.0 Å². The first-order chi connectivity index (χ1) is 12.0. The quantitative estimate of drug-likeness (QED) is 0.813. The Morgan fingerprint density at radius 1 is 1.24 bits per heavy atom. The second kappa shape index (κ2) is 7.44. The number of ether oxygens (including phenoxy) is 1. The number of fused-ring (bicyclic) bond motifs is 1. The number of rotatable bonds is 3. The number of nitrogens with two attached hydrogens (primary N) is 1. The predicted octanol–water partition coefficient (Wildman–Crippen LogP) is 1.73. The van der Waals surface area contributed by atoms with Crippen LogP contribution < -0.4 is 5.73 Å². The Hall–Kier alpha value is -2.08. The lowest BCUT2D eigenvalue weighted by Gasteiger charge is -2.38. The molecule has 1 aromatic rings. The van der Waals surface area contributed by atoms with E-state index < -0.39 is 18.1 Å². The van der Waals surface area contributed by atoms with Gasteiger partial charge in [-0.3, -0.25) is 4.79 Å². The summed E-state index contributed by atoms with van der Waals surface area (Å²) in [6.45, 7) is 0.267. The molecular formula is C19H26N2O4. The highest BCUT2D eigenvalue weighted by molar-refractivity contribution is 5.88. The molecule has 3 rings (SSSR count). The van der Waals surface area contributed by atoms with E-state index in [0.29, 0.717) is 6.42 Å². The number of methoxy groups -OCH3 is 1. The van der Waals surface area contributed by atoms with Crippen molar-refractivity contribution < 1.29 is 19.4 Å². The topological polar surface area (TPSA) is 92.9 Å². The van der Waals surface area contributed by atoms with Crippen LogP contribution in [0.2, 0.25) is 0 Å². The number of phenols is 1. The molecular weight excluding hydrogens is 320 g/mol. The summed E-state index contributed by atoms with van der Waals surface area (Å²) in [6, 6.07) is 3.78. The van der Waals surface area contributed by atoms with Crippen molar-refractivity contribution >= 4 is 11.9 Å². The Morgan fingerprint density at radius 3 is 2.64 bits per heavy atom. The van der Waals surface area contributed by atoms with Gasteiger partial charge in [-0.1, -0.05) is 25.3 Å². The molecule has 3 N–H and O–H groups in total. The number of nitrogens with zero attached hydrogens (tertiary/aromatic N) is 1. The van der Waals surface area contributed by atoms with Gasteiger partial charge in [-0.15, -0.1) is 0 Å². The van der Waals surface area contributed by atoms with Crippen LogP contribution in [0.5, 0.6) is 5.75 Å². The van der Waals surface area contributed by atoms with Gasteiger partial charge >= 0.3 is 5.97 Å². The number of hydrogen-bond acceptors (Lipinski definition) is 5. The Labute approximate surface area is 147 Å². The van der Waals surface area contributed by atoms with Crippen LogP contribution in [-0.2, 0) is 27.3 Å². The van der Waals surface area contributed by atoms with Crippen molar-refractivity contribution in [3.63, 3.8) is 0 Å². The molecule has 0 unspecified atom stereocenters. The first-order valence-electron chi connectivity index (χ1n) is 8.96. The van der Waals surface area contributed by atoms with Gasteiger partial charge in [0, 0.05) is 13.0 Å². The molecule has 1 aromatic carbocycles. The van der Waals surface area contributed by atoms with E-state index in [1.54, 1.807) is 18.2 Å². The third kappa shape index (κ3) is 3.63. The van der Waals surface area contributed by atoms with Crippen molar-refractivity contribution in [2.24, 2.45) is 11.7 Å². The Kier molecular flexibility index (Phi) is 5.27. The van der Waals surface area contributed by atoms with Gasteiger partial charge < -0.3 is 20.5 Å². The molecule has 1 aliphatic heterocycles. The van der Waals surface area contributed by atoms with Crippen molar-refractivity contribution in [3.8, 4) is 5.75 Å². The third-order valence-corrected chi connectivity index (χ3v) is 5.52. The van der Waals surface area contributed by atoms with Crippen LogP contribution in [0.4, 0.5) is 0 Å². The maximum Gasteiger partial charge on any atom is 0.328 e. The van der Waals surface area contributed by atoms with Gasteiger partial charge in [0.25, 0.3) is 0 Å². The molecule has 1 aliphatic carbocycles. The lowest BCUT2D eigenvalue weighted by molar-refractivity contribution is -0.155. The number of phenolic OH excluding ortho intramolecular Hbond substituents is 1. The van der Waals surface area contributed by atoms with Gasteiger partial charge in [0.05, 0.1) is 13.2 Å².